The molecule has 0 saturated heterocycles. The molecule has 0 radical (unpaired) electrons. The van der Waals surface area contributed by atoms with Gasteiger partial charge >= 0.3 is 0 Å². The Bertz CT molecular complexity index is 3540. The zero-order chi connectivity index (χ0) is 40.6. The molecule has 0 saturated carbocycles. The van der Waals surface area contributed by atoms with Gasteiger partial charge in [0.2, 0.25) is 10.8 Å². The summed E-state index contributed by atoms with van der Waals surface area (Å²) in [5.74, 6) is 1.43. The third-order valence-corrected chi connectivity index (χ3v) is 13.1. The topological polar surface area (TPSA) is 98.6 Å². The number of benzene rings is 8. The Morgan fingerprint density at radius 1 is 0.475 bits per heavy atom. The maximum Gasteiger partial charge on any atom is 0.238 e. The SMILES string of the molecule is N#Cc1cc(-c2nc(-c3ccccc3)nc(-n3c4ccccc4c4ccccc43)n2)ccc1N1c2ccccc2[S+]([O-])c2c1ccc1c3ccccc3n(-c3ccccc3)c21. The lowest BCUT2D eigenvalue weighted by Crippen LogP contribution is -2.23. The molecule has 0 spiro atoms. The Balaban J connectivity index is 1.08. The Hall–Kier alpha value is -8.03. The predicted molar refractivity (Wildman–Crippen MR) is 243 cm³/mol. The summed E-state index contributed by atoms with van der Waals surface area (Å²) in [6, 6.07) is 65.1. The highest BCUT2D eigenvalue weighted by molar-refractivity contribution is 7.92. The third-order valence-electron chi connectivity index (χ3n) is 11.6. The Labute approximate surface area is 353 Å². The number of rotatable bonds is 5. The minimum Gasteiger partial charge on any atom is -0.606 e. The fraction of sp³-hybridized carbons (Fsp3) is 0. The summed E-state index contributed by atoms with van der Waals surface area (Å²) >= 11 is -1.55. The molecular weight excluding hydrogens is 771 g/mol. The first-order valence-corrected chi connectivity index (χ1v) is 21.1. The molecule has 11 aromatic rings. The van der Waals surface area contributed by atoms with Crippen LogP contribution in [-0.4, -0.2) is 28.6 Å². The fourth-order valence-corrected chi connectivity index (χ4v) is 10.4. The molecule has 4 heterocycles. The van der Waals surface area contributed by atoms with E-state index in [2.05, 4.69) is 74.7 Å². The van der Waals surface area contributed by atoms with Crippen molar-refractivity contribution in [1.29, 1.82) is 5.26 Å². The molecule has 0 bridgehead atoms. The highest BCUT2D eigenvalue weighted by Crippen LogP contribution is 2.52. The van der Waals surface area contributed by atoms with Crippen molar-refractivity contribution in [3.8, 4) is 40.5 Å². The summed E-state index contributed by atoms with van der Waals surface area (Å²) in [7, 11) is 0. The largest absolute Gasteiger partial charge is 0.606 e. The molecular formula is C52H31N7OS. The van der Waals surface area contributed by atoms with Gasteiger partial charge in [-0.15, -0.1) is 0 Å². The van der Waals surface area contributed by atoms with E-state index >= 15 is 0 Å². The zero-order valence-electron chi connectivity index (χ0n) is 32.3. The highest BCUT2D eigenvalue weighted by Gasteiger charge is 2.39. The number of hydrogen-bond acceptors (Lipinski definition) is 6. The predicted octanol–water partition coefficient (Wildman–Crippen LogP) is 12.2. The zero-order valence-corrected chi connectivity index (χ0v) is 33.2. The van der Waals surface area contributed by atoms with Gasteiger partial charge in [0.25, 0.3) is 0 Å². The van der Waals surface area contributed by atoms with Crippen LogP contribution in [0.3, 0.4) is 0 Å². The quantitative estimate of drug-likeness (QED) is 0.161. The van der Waals surface area contributed by atoms with Gasteiger partial charge in [0.15, 0.2) is 16.5 Å². The second-order valence-electron chi connectivity index (χ2n) is 14.9. The molecule has 0 N–H and O–H groups in total. The minimum absolute atomic E-state index is 0.412. The molecule has 0 amide bonds. The summed E-state index contributed by atoms with van der Waals surface area (Å²) in [6.07, 6.45) is 0. The van der Waals surface area contributed by atoms with Crippen LogP contribution in [0, 0.1) is 11.3 Å². The smallest absolute Gasteiger partial charge is 0.238 e. The van der Waals surface area contributed by atoms with E-state index in [4.69, 9.17) is 15.0 Å². The molecule has 1 aliphatic rings. The molecule has 61 heavy (non-hydrogen) atoms. The van der Waals surface area contributed by atoms with Crippen molar-refractivity contribution in [2.75, 3.05) is 4.90 Å². The molecule has 1 atom stereocenters. The molecule has 1 aliphatic heterocycles. The summed E-state index contributed by atoms with van der Waals surface area (Å²) < 4.78 is 19.3. The van der Waals surface area contributed by atoms with Crippen LogP contribution in [0.4, 0.5) is 17.1 Å². The number of para-hydroxylation sites is 5. The van der Waals surface area contributed by atoms with Gasteiger partial charge in [-0.25, -0.2) is 4.98 Å². The maximum absolute atomic E-state index is 15.0. The molecule has 3 aromatic heterocycles. The van der Waals surface area contributed by atoms with Crippen LogP contribution >= 0.6 is 0 Å². The van der Waals surface area contributed by atoms with Crippen LogP contribution in [0.15, 0.2) is 198 Å². The second kappa shape index (κ2) is 13.8. The number of anilines is 3. The Morgan fingerprint density at radius 3 is 1.72 bits per heavy atom. The van der Waals surface area contributed by atoms with E-state index in [0.29, 0.717) is 44.2 Å². The van der Waals surface area contributed by atoms with Crippen molar-refractivity contribution in [2.24, 2.45) is 0 Å². The molecule has 0 fully saturated rings. The van der Waals surface area contributed by atoms with E-state index in [1.807, 2.05) is 133 Å². The molecule has 12 rings (SSSR count). The summed E-state index contributed by atoms with van der Waals surface area (Å²) in [5.41, 5.74) is 8.89. The van der Waals surface area contributed by atoms with Crippen LogP contribution in [0.1, 0.15) is 5.56 Å². The average Bonchev–Trinajstić information content (AvgIpc) is 3.85. The van der Waals surface area contributed by atoms with Gasteiger partial charge in [0.05, 0.1) is 27.8 Å². The second-order valence-corrected chi connectivity index (χ2v) is 16.3. The first-order valence-electron chi connectivity index (χ1n) is 19.9. The van der Waals surface area contributed by atoms with E-state index in [-0.39, 0.29) is 0 Å². The number of nitriles is 1. The summed E-state index contributed by atoms with van der Waals surface area (Å²) in [6.45, 7) is 0. The monoisotopic (exact) mass is 801 g/mol. The third kappa shape index (κ3) is 5.33. The fourth-order valence-electron chi connectivity index (χ4n) is 8.93. The van der Waals surface area contributed by atoms with Crippen molar-refractivity contribution in [3.63, 3.8) is 0 Å². The maximum atomic E-state index is 15.0. The number of nitrogens with zero attached hydrogens (tertiary/aromatic N) is 7. The Kier molecular flexibility index (Phi) is 7.90. The van der Waals surface area contributed by atoms with Gasteiger partial charge in [-0.05, 0) is 72.8 Å². The van der Waals surface area contributed by atoms with E-state index in [1.54, 1.807) is 0 Å². The van der Waals surface area contributed by atoms with Gasteiger partial charge in [0, 0.05) is 49.5 Å². The first kappa shape index (κ1) is 35.0. The van der Waals surface area contributed by atoms with E-state index in [1.165, 1.54) is 0 Å². The van der Waals surface area contributed by atoms with Crippen molar-refractivity contribution < 1.29 is 4.55 Å². The van der Waals surface area contributed by atoms with E-state index in [0.717, 1.165) is 66.2 Å². The van der Waals surface area contributed by atoms with E-state index < -0.39 is 11.2 Å². The van der Waals surface area contributed by atoms with Gasteiger partial charge < -0.3 is 9.12 Å². The first-order chi connectivity index (χ1) is 30.2. The van der Waals surface area contributed by atoms with Gasteiger partial charge in [0.1, 0.15) is 23.0 Å². The lowest BCUT2D eigenvalue weighted by molar-refractivity contribution is 0.594. The van der Waals surface area contributed by atoms with Crippen LogP contribution in [0.2, 0.25) is 0 Å². The van der Waals surface area contributed by atoms with Crippen LogP contribution in [0.25, 0.3) is 78.0 Å². The van der Waals surface area contributed by atoms with Crippen LogP contribution in [-0.2, 0) is 11.2 Å². The number of aromatic nitrogens is 5. The Morgan fingerprint density at radius 2 is 1.03 bits per heavy atom. The van der Waals surface area contributed by atoms with Crippen molar-refractivity contribution >= 4 is 71.8 Å². The number of hydrogen-bond donors (Lipinski definition) is 0. The van der Waals surface area contributed by atoms with Gasteiger partial charge in [-0.3, -0.25) is 9.47 Å². The van der Waals surface area contributed by atoms with Crippen molar-refractivity contribution in [2.45, 2.75) is 9.79 Å². The molecule has 1 unspecified atom stereocenters. The minimum atomic E-state index is -1.55. The summed E-state index contributed by atoms with van der Waals surface area (Å²) in [4.78, 5) is 18.7. The molecule has 8 aromatic carbocycles. The standard InChI is InChI=1S/C52H31N7OS/c53-32-35-31-34(51-54-50(33-15-3-1-4-16-33)55-52(56-51)59-43-23-11-7-19-37(43)38-20-8-12-24-44(38)59)27-29-41(35)58-45-25-13-14-26-47(45)61(60)49-46(58)30-28-40-39-21-9-10-22-42(39)57(48(40)49)36-17-5-2-6-18-36/h1-31H. The van der Waals surface area contributed by atoms with Gasteiger partial charge in [-0.1, -0.05) is 115 Å². The molecule has 286 valence electrons. The number of fused-ring (bicyclic) bond motifs is 9. The van der Waals surface area contributed by atoms with Crippen molar-refractivity contribution in [3.05, 3.63) is 194 Å². The highest BCUT2D eigenvalue weighted by atomic mass is 32.2. The average molecular weight is 802 g/mol. The lowest BCUT2D eigenvalue weighted by Gasteiger charge is -2.34. The molecule has 9 heteroatoms. The molecule has 8 nitrogen and oxygen atoms in total. The van der Waals surface area contributed by atoms with E-state index in [9.17, 15) is 9.81 Å². The molecule has 0 aliphatic carbocycles. The van der Waals surface area contributed by atoms with Gasteiger partial charge in [-0.2, -0.15) is 15.2 Å². The normalized spacial score (nSPS) is 13.4. The lowest BCUT2D eigenvalue weighted by atomic mass is 10.0. The van der Waals surface area contributed by atoms with Crippen LogP contribution < -0.4 is 4.90 Å². The van der Waals surface area contributed by atoms with Crippen molar-refractivity contribution in [1.82, 2.24) is 24.1 Å². The van der Waals surface area contributed by atoms with Crippen LogP contribution in [0.5, 0.6) is 0 Å². The summed E-state index contributed by atoms with van der Waals surface area (Å²) in [5, 5.41) is 15.3.